The molecule has 26 heavy (non-hydrogen) atoms. The van der Waals surface area contributed by atoms with Crippen LogP contribution in [-0.4, -0.2) is 30.7 Å². The number of nitrogens with zero attached hydrogens (tertiary/aromatic N) is 1. The van der Waals surface area contributed by atoms with Crippen molar-refractivity contribution in [3.8, 4) is 0 Å². The number of nitrogens with one attached hydrogen (secondary N) is 1. The predicted octanol–water partition coefficient (Wildman–Crippen LogP) is 2.46. The van der Waals surface area contributed by atoms with Crippen molar-refractivity contribution in [3.63, 3.8) is 0 Å². The van der Waals surface area contributed by atoms with Gasteiger partial charge < -0.3 is 19.7 Å². The highest BCUT2D eigenvalue weighted by Gasteiger charge is 2.39. The topological polar surface area (TPSA) is 84.9 Å². The molecule has 1 fully saturated rings. The second-order valence-electron chi connectivity index (χ2n) is 7.63. The second-order valence-corrected chi connectivity index (χ2v) is 7.63. The number of benzene rings is 1. The van der Waals surface area contributed by atoms with Crippen molar-refractivity contribution in [2.24, 2.45) is 0 Å². The average molecular weight is 358 g/mol. The largest absolute Gasteiger partial charge is 0.419 e. The van der Waals surface area contributed by atoms with Crippen molar-refractivity contribution >= 4 is 29.2 Å². The molecule has 2 aliphatic rings. The van der Waals surface area contributed by atoms with E-state index in [0.29, 0.717) is 12.1 Å². The molecule has 0 radical (unpaired) electrons. The number of hydrogen-bond donors (Lipinski definition) is 1. The number of ether oxygens (including phenoxy) is 2. The predicted molar refractivity (Wildman–Crippen MR) is 95.5 cm³/mol. The minimum Gasteiger partial charge on any atom is -0.419 e. The Morgan fingerprint density at radius 2 is 1.69 bits per heavy atom. The third-order valence-corrected chi connectivity index (χ3v) is 4.55. The Morgan fingerprint density at radius 1 is 1.08 bits per heavy atom. The van der Waals surface area contributed by atoms with E-state index < -0.39 is 17.7 Å². The van der Waals surface area contributed by atoms with Crippen LogP contribution in [0.1, 0.15) is 39.7 Å². The lowest BCUT2D eigenvalue weighted by atomic mass is 9.77. The molecule has 0 aliphatic carbocycles. The number of esters is 2. The van der Waals surface area contributed by atoms with Crippen LogP contribution in [0.4, 0.5) is 11.4 Å². The summed E-state index contributed by atoms with van der Waals surface area (Å²) < 4.78 is 10.1. The molecule has 1 N–H and O–H groups in total. The first-order chi connectivity index (χ1) is 12.0. The van der Waals surface area contributed by atoms with Crippen LogP contribution in [-0.2, 0) is 29.3 Å². The van der Waals surface area contributed by atoms with E-state index in [1.165, 1.54) is 20.0 Å². The summed E-state index contributed by atoms with van der Waals surface area (Å²) in [6.07, 6.45) is 1.70. The SMILES string of the molecule is CN1C(=O)CC(C)(C)c2cc(NC=C3C(=O)OC(C)(C)OC3=O)ccc21. The van der Waals surface area contributed by atoms with E-state index in [1.54, 1.807) is 18.0 Å². The number of hydrogen-bond acceptors (Lipinski definition) is 6. The lowest BCUT2D eigenvalue weighted by molar-refractivity contribution is -0.222. The highest BCUT2D eigenvalue weighted by atomic mass is 16.7. The fraction of sp³-hybridized carbons (Fsp3) is 0.421. The molecule has 1 saturated heterocycles. The highest BCUT2D eigenvalue weighted by molar-refractivity contribution is 6.15. The molecule has 0 saturated carbocycles. The molecule has 2 heterocycles. The van der Waals surface area contributed by atoms with Crippen molar-refractivity contribution in [2.75, 3.05) is 17.3 Å². The molecule has 3 rings (SSSR count). The Kier molecular flexibility index (Phi) is 4.05. The molecular formula is C19H22N2O5. The summed E-state index contributed by atoms with van der Waals surface area (Å²) in [7, 11) is 1.75. The van der Waals surface area contributed by atoms with Crippen LogP contribution in [0.5, 0.6) is 0 Å². The molecule has 1 aromatic carbocycles. The van der Waals surface area contributed by atoms with E-state index in [1.807, 2.05) is 26.0 Å². The third-order valence-electron chi connectivity index (χ3n) is 4.55. The van der Waals surface area contributed by atoms with Crippen LogP contribution >= 0.6 is 0 Å². The van der Waals surface area contributed by atoms with E-state index in [-0.39, 0.29) is 16.9 Å². The maximum atomic E-state index is 12.1. The molecule has 2 aliphatic heterocycles. The summed E-state index contributed by atoms with van der Waals surface area (Å²) in [5, 5.41) is 2.95. The van der Waals surface area contributed by atoms with Gasteiger partial charge in [-0.3, -0.25) is 4.79 Å². The van der Waals surface area contributed by atoms with Crippen molar-refractivity contribution in [2.45, 2.75) is 45.3 Å². The highest BCUT2D eigenvalue weighted by Crippen LogP contribution is 2.40. The fourth-order valence-corrected chi connectivity index (χ4v) is 3.12. The van der Waals surface area contributed by atoms with Gasteiger partial charge in [0.15, 0.2) is 5.57 Å². The van der Waals surface area contributed by atoms with Gasteiger partial charge in [0.05, 0.1) is 0 Å². The first-order valence-corrected chi connectivity index (χ1v) is 8.35. The first-order valence-electron chi connectivity index (χ1n) is 8.35. The van der Waals surface area contributed by atoms with Crippen molar-refractivity contribution in [1.29, 1.82) is 0 Å². The molecule has 1 aromatic rings. The summed E-state index contributed by atoms with van der Waals surface area (Å²) in [6.45, 7) is 7.01. The number of cyclic esters (lactones) is 2. The van der Waals surface area contributed by atoms with E-state index in [9.17, 15) is 14.4 Å². The van der Waals surface area contributed by atoms with Gasteiger partial charge in [0.2, 0.25) is 5.91 Å². The number of anilines is 2. The van der Waals surface area contributed by atoms with Crippen LogP contribution in [0.3, 0.4) is 0 Å². The average Bonchev–Trinajstić information content (AvgIpc) is 2.50. The molecule has 0 unspecified atom stereocenters. The van der Waals surface area contributed by atoms with Crippen molar-refractivity contribution in [1.82, 2.24) is 0 Å². The van der Waals surface area contributed by atoms with Crippen molar-refractivity contribution < 1.29 is 23.9 Å². The van der Waals surface area contributed by atoms with Gasteiger partial charge in [-0.2, -0.15) is 0 Å². The van der Waals surface area contributed by atoms with Crippen LogP contribution in [0.25, 0.3) is 0 Å². The zero-order chi connectivity index (χ0) is 19.3. The number of carbonyl (C=O) groups excluding carboxylic acids is 3. The van der Waals surface area contributed by atoms with Crippen LogP contribution in [0.2, 0.25) is 0 Å². The second kappa shape index (κ2) is 5.86. The lowest BCUT2D eigenvalue weighted by Gasteiger charge is -2.37. The fourth-order valence-electron chi connectivity index (χ4n) is 3.12. The summed E-state index contributed by atoms with van der Waals surface area (Å²) in [4.78, 5) is 37.7. The normalized spacial score (nSPS) is 20.9. The van der Waals surface area contributed by atoms with E-state index in [2.05, 4.69) is 5.32 Å². The van der Waals surface area contributed by atoms with Gasteiger partial charge >= 0.3 is 11.9 Å². The zero-order valence-corrected chi connectivity index (χ0v) is 15.5. The van der Waals surface area contributed by atoms with Crippen molar-refractivity contribution in [3.05, 3.63) is 35.5 Å². The van der Waals surface area contributed by atoms with Gasteiger partial charge in [-0.05, 0) is 23.8 Å². The molecule has 0 spiro atoms. The van der Waals surface area contributed by atoms with E-state index in [4.69, 9.17) is 9.47 Å². The summed E-state index contributed by atoms with van der Waals surface area (Å²) >= 11 is 0. The maximum absolute atomic E-state index is 12.1. The smallest absolute Gasteiger partial charge is 0.350 e. The Morgan fingerprint density at radius 3 is 2.31 bits per heavy atom. The van der Waals surface area contributed by atoms with E-state index in [0.717, 1.165) is 11.3 Å². The van der Waals surface area contributed by atoms with Crippen LogP contribution < -0.4 is 10.2 Å². The number of carbonyl (C=O) groups is 3. The minimum atomic E-state index is -1.27. The molecule has 1 amide bonds. The van der Waals surface area contributed by atoms with Gasteiger partial charge in [-0.25, -0.2) is 9.59 Å². The van der Waals surface area contributed by atoms with E-state index >= 15 is 0 Å². The van der Waals surface area contributed by atoms with Gasteiger partial charge in [0.1, 0.15) is 0 Å². The molecule has 7 heteroatoms. The number of amides is 1. The van der Waals surface area contributed by atoms with Gasteiger partial charge in [0.25, 0.3) is 5.79 Å². The lowest BCUT2D eigenvalue weighted by Crippen LogP contribution is -2.42. The van der Waals surface area contributed by atoms with Gasteiger partial charge in [0, 0.05) is 50.3 Å². The quantitative estimate of drug-likeness (QED) is 0.497. The maximum Gasteiger partial charge on any atom is 0.350 e. The Balaban J connectivity index is 1.88. The van der Waals surface area contributed by atoms with Gasteiger partial charge in [-0.15, -0.1) is 0 Å². The minimum absolute atomic E-state index is 0.0700. The van der Waals surface area contributed by atoms with Crippen LogP contribution in [0.15, 0.2) is 30.0 Å². The summed E-state index contributed by atoms with van der Waals surface area (Å²) in [6, 6.07) is 5.54. The first kappa shape index (κ1) is 18.0. The third kappa shape index (κ3) is 3.16. The molecule has 7 nitrogen and oxygen atoms in total. The van der Waals surface area contributed by atoms with Gasteiger partial charge in [-0.1, -0.05) is 13.8 Å². The molecule has 0 aromatic heterocycles. The number of fused-ring (bicyclic) bond motifs is 1. The monoisotopic (exact) mass is 358 g/mol. The number of rotatable bonds is 2. The zero-order valence-electron chi connectivity index (χ0n) is 15.5. The summed E-state index contributed by atoms with van der Waals surface area (Å²) in [5.74, 6) is -2.66. The molecule has 138 valence electrons. The Labute approximate surface area is 151 Å². The molecular weight excluding hydrogens is 336 g/mol. The standard InChI is InChI=1S/C19H22N2O5/c1-18(2)9-15(22)21(5)14-7-6-11(8-13(14)18)20-10-12-16(23)25-19(3,4)26-17(12)24/h6-8,10,20H,9H2,1-5H3. The Hall–Kier alpha value is -2.83. The molecule has 0 atom stereocenters. The Bertz CT molecular complexity index is 816. The molecule has 0 bridgehead atoms. The summed E-state index contributed by atoms with van der Waals surface area (Å²) in [5.41, 5.74) is 2.04. The van der Waals surface area contributed by atoms with Crippen LogP contribution in [0, 0.1) is 0 Å².